The molecule has 0 fully saturated rings. The minimum absolute atomic E-state index is 0.0237. The van der Waals surface area contributed by atoms with Gasteiger partial charge in [-0.15, -0.1) is 0 Å². The number of hydrogen-bond donors (Lipinski definition) is 1. The van der Waals surface area contributed by atoms with Gasteiger partial charge in [0.05, 0.1) is 5.69 Å². The molecule has 0 radical (unpaired) electrons. The second-order valence-electron chi connectivity index (χ2n) is 3.68. The lowest BCUT2D eigenvalue weighted by Crippen LogP contribution is -2.07. The first-order valence-corrected chi connectivity index (χ1v) is 5.57. The number of nitrogens with zero attached hydrogens (tertiary/aromatic N) is 1. The molecule has 1 aromatic carbocycles. The van der Waals surface area contributed by atoms with E-state index in [-0.39, 0.29) is 11.3 Å². The highest BCUT2D eigenvalue weighted by Crippen LogP contribution is 2.17. The Kier molecular flexibility index (Phi) is 3.48. The molecule has 1 aromatic heterocycles. The Bertz CT molecular complexity index is 644. The van der Waals surface area contributed by atoms with Crippen LogP contribution >= 0.6 is 11.6 Å². The van der Waals surface area contributed by atoms with Crippen molar-refractivity contribution in [2.24, 2.45) is 4.99 Å². The van der Waals surface area contributed by atoms with Gasteiger partial charge in [0.2, 0.25) is 0 Å². The molecule has 2 rings (SSSR count). The van der Waals surface area contributed by atoms with Crippen LogP contribution in [-0.2, 0) is 0 Å². The van der Waals surface area contributed by atoms with Gasteiger partial charge < -0.3 is 9.52 Å². The molecule has 2 aromatic rings. The summed E-state index contributed by atoms with van der Waals surface area (Å²) in [6.07, 6.45) is 1.27. The highest BCUT2D eigenvalue weighted by Gasteiger charge is 2.06. The van der Waals surface area contributed by atoms with Crippen LogP contribution in [-0.4, -0.2) is 11.3 Å². The highest BCUT2D eigenvalue weighted by molar-refractivity contribution is 6.30. The molecule has 0 bridgehead atoms. The lowest BCUT2D eigenvalue weighted by atomic mass is 10.2. The van der Waals surface area contributed by atoms with Crippen LogP contribution in [0.1, 0.15) is 11.3 Å². The minimum Gasteiger partial charge on any atom is -0.507 e. The van der Waals surface area contributed by atoms with Crippen LogP contribution in [0.5, 0.6) is 5.75 Å². The largest absolute Gasteiger partial charge is 0.507 e. The van der Waals surface area contributed by atoms with Crippen molar-refractivity contribution in [3.05, 3.63) is 57.1 Å². The Morgan fingerprint density at radius 2 is 2.00 bits per heavy atom. The number of halogens is 1. The minimum atomic E-state index is -0.620. The van der Waals surface area contributed by atoms with E-state index in [1.807, 2.05) is 0 Å². The summed E-state index contributed by atoms with van der Waals surface area (Å²) in [6.45, 7) is 1.58. The fourth-order valence-electron chi connectivity index (χ4n) is 1.39. The van der Waals surface area contributed by atoms with E-state index >= 15 is 0 Å². The van der Waals surface area contributed by atoms with Crippen molar-refractivity contribution in [2.45, 2.75) is 6.92 Å². The van der Waals surface area contributed by atoms with Crippen LogP contribution in [0.15, 0.2) is 44.5 Å². The quantitative estimate of drug-likeness (QED) is 0.847. The lowest BCUT2D eigenvalue weighted by Gasteiger charge is -1.98. The van der Waals surface area contributed by atoms with Gasteiger partial charge in [-0.3, -0.25) is 4.99 Å². The lowest BCUT2D eigenvalue weighted by molar-refractivity contribution is 0.433. The summed E-state index contributed by atoms with van der Waals surface area (Å²) < 4.78 is 4.87. The molecule has 0 aliphatic carbocycles. The van der Waals surface area contributed by atoms with E-state index in [0.29, 0.717) is 16.5 Å². The van der Waals surface area contributed by atoms with Crippen LogP contribution in [0, 0.1) is 6.92 Å². The first-order valence-electron chi connectivity index (χ1n) is 5.19. The third-order valence-corrected chi connectivity index (χ3v) is 2.51. The summed E-state index contributed by atoms with van der Waals surface area (Å²) in [5, 5.41) is 10.2. The maximum atomic E-state index is 11.5. The molecule has 0 saturated heterocycles. The number of rotatable bonds is 2. The van der Waals surface area contributed by atoms with Gasteiger partial charge >= 0.3 is 5.63 Å². The molecule has 92 valence electrons. The fraction of sp³-hybridized carbons (Fsp3) is 0.0769. The number of hydrogen-bond acceptors (Lipinski definition) is 4. The van der Waals surface area contributed by atoms with Gasteiger partial charge in [-0.05, 0) is 31.2 Å². The zero-order valence-electron chi connectivity index (χ0n) is 9.55. The predicted molar refractivity (Wildman–Crippen MR) is 70.1 cm³/mol. The van der Waals surface area contributed by atoms with E-state index in [9.17, 15) is 9.90 Å². The van der Waals surface area contributed by atoms with Gasteiger partial charge in [-0.25, -0.2) is 4.79 Å². The highest BCUT2D eigenvalue weighted by atomic mass is 35.5. The fourth-order valence-corrected chi connectivity index (χ4v) is 1.52. The Balaban J connectivity index is 2.35. The van der Waals surface area contributed by atoms with Crippen LogP contribution < -0.4 is 5.63 Å². The van der Waals surface area contributed by atoms with Gasteiger partial charge in [-0.2, -0.15) is 0 Å². The Hall–Kier alpha value is -2.07. The van der Waals surface area contributed by atoms with Gasteiger partial charge in [-0.1, -0.05) is 11.6 Å². The van der Waals surface area contributed by atoms with E-state index in [4.69, 9.17) is 16.0 Å². The van der Waals surface area contributed by atoms with Crippen molar-refractivity contribution in [3.8, 4) is 5.75 Å². The van der Waals surface area contributed by atoms with Crippen LogP contribution in [0.2, 0.25) is 5.02 Å². The molecular formula is C13H10ClNO3. The molecule has 5 heteroatoms. The van der Waals surface area contributed by atoms with Crippen molar-refractivity contribution in [2.75, 3.05) is 0 Å². The average Bonchev–Trinajstić information content (AvgIpc) is 2.30. The molecule has 0 amide bonds. The Labute approximate surface area is 108 Å². The molecule has 18 heavy (non-hydrogen) atoms. The van der Waals surface area contributed by atoms with Crippen molar-refractivity contribution in [3.63, 3.8) is 0 Å². The van der Waals surface area contributed by atoms with E-state index < -0.39 is 5.63 Å². The van der Waals surface area contributed by atoms with Crippen LogP contribution in [0.3, 0.4) is 0 Å². The second-order valence-corrected chi connectivity index (χ2v) is 4.11. The second kappa shape index (κ2) is 5.06. The van der Waals surface area contributed by atoms with Crippen LogP contribution in [0.25, 0.3) is 0 Å². The SMILES string of the molecule is Cc1cc(O)c(C=Nc2ccc(Cl)cc2)c(=O)o1. The summed E-state index contributed by atoms with van der Waals surface area (Å²) in [6, 6.07) is 8.14. The van der Waals surface area contributed by atoms with Crippen LogP contribution in [0.4, 0.5) is 5.69 Å². The van der Waals surface area contributed by atoms with Crippen molar-refractivity contribution in [1.29, 1.82) is 0 Å². The zero-order chi connectivity index (χ0) is 13.1. The first kappa shape index (κ1) is 12.4. The molecule has 0 aliphatic heterocycles. The topological polar surface area (TPSA) is 62.8 Å². The van der Waals surface area contributed by atoms with Crippen molar-refractivity contribution < 1.29 is 9.52 Å². The Morgan fingerprint density at radius 1 is 1.33 bits per heavy atom. The monoisotopic (exact) mass is 263 g/mol. The standard InChI is InChI=1S/C13H10ClNO3/c1-8-6-12(16)11(13(17)18-8)7-15-10-4-2-9(14)3-5-10/h2-7,16H,1H3. The van der Waals surface area contributed by atoms with Gasteiger partial charge in [0.15, 0.2) is 0 Å². The molecule has 0 aliphatic rings. The van der Waals surface area contributed by atoms with Gasteiger partial charge in [0.1, 0.15) is 17.1 Å². The van der Waals surface area contributed by atoms with E-state index in [0.717, 1.165) is 0 Å². The maximum absolute atomic E-state index is 11.5. The molecule has 4 nitrogen and oxygen atoms in total. The molecule has 0 unspecified atom stereocenters. The van der Waals surface area contributed by atoms with Gasteiger partial charge in [0, 0.05) is 17.3 Å². The third-order valence-electron chi connectivity index (χ3n) is 2.26. The number of benzene rings is 1. The molecule has 1 heterocycles. The maximum Gasteiger partial charge on any atom is 0.348 e. The first-order chi connectivity index (χ1) is 8.56. The zero-order valence-corrected chi connectivity index (χ0v) is 10.3. The average molecular weight is 264 g/mol. The predicted octanol–water partition coefficient (Wildman–Crippen LogP) is 3.06. The summed E-state index contributed by atoms with van der Waals surface area (Å²) in [5.41, 5.74) is 0.0274. The molecule has 0 saturated carbocycles. The smallest absolute Gasteiger partial charge is 0.348 e. The van der Waals surface area contributed by atoms with Crippen molar-refractivity contribution >= 4 is 23.5 Å². The molecule has 0 spiro atoms. The number of aryl methyl sites for hydroxylation is 1. The van der Waals surface area contributed by atoms with E-state index in [1.54, 1.807) is 31.2 Å². The summed E-state index contributed by atoms with van der Waals surface area (Å²) >= 11 is 5.74. The summed E-state index contributed by atoms with van der Waals surface area (Å²) in [7, 11) is 0. The molecule has 0 atom stereocenters. The third kappa shape index (κ3) is 2.78. The summed E-state index contributed by atoms with van der Waals surface area (Å²) in [5.74, 6) is 0.197. The van der Waals surface area contributed by atoms with E-state index in [1.165, 1.54) is 12.3 Å². The van der Waals surface area contributed by atoms with Gasteiger partial charge in [0.25, 0.3) is 0 Å². The normalized spacial score (nSPS) is 11.0. The number of aromatic hydroxyl groups is 1. The molecule has 1 N–H and O–H groups in total. The summed E-state index contributed by atoms with van der Waals surface area (Å²) in [4.78, 5) is 15.6. The Morgan fingerprint density at radius 3 is 2.61 bits per heavy atom. The van der Waals surface area contributed by atoms with E-state index in [2.05, 4.69) is 4.99 Å². The molecular weight excluding hydrogens is 254 g/mol. The van der Waals surface area contributed by atoms with Crippen molar-refractivity contribution in [1.82, 2.24) is 0 Å². The number of aliphatic imine (C=N–C) groups is 1.